The summed E-state index contributed by atoms with van der Waals surface area (Å²) in [6.07, 6.45) is 0. The van der Waals surface area contributed by atoms with Crippen LogP contribution in [0.1, 0.15) is 5.56 Å². The standard InChI is InChI=1S/C13H14N4/c1-9-7-13(12(15)8-11(9)14)17-16-10-5-3-2-4-6-10/h2-8H,14-15H2,1H3. The van der Waals surface area contributed by atoms with Gasteiger partial charge in [-0.15, -0.1) is 5.11 Å². The highest BCUT2D eigenvalue weighted by Gasteiger charge is 2.01. The van der Waals surface area contributed by atoms with Gasteiger partial charge in [-0.2, -0.15) is 5.11 Å². The van der Waals surface area contributed by atoms with Gasteiger partial charge in [-0.1, -0.05) is 18.2 Å². The number of hydrogen-bond acceptors (Lipinski definition) is 4. The fourth-order valence-electron chi connectivity index (χ4n) is 1.42. The SMILES string of the molecule is Cc1cc(N=Nc2ccccc2)c(N)cc1N. The van der Waals surface area contributed by atoms with Gasteiger partial charge in [0, 0.05) is 5.69 Å². The first-order valence-corrected chi connectivity index (χ1v) is 5.29. The molecule has 0 spiro atoms. The van der Waals surface area contributed by atoms with Crippen molar-refractivity contribution in [3.8, 4) is 0 Å². The van der Waals surface area contributed by atoms with Gasteiger partial charge in [-0.25, -0.2) is 0 Å². The molecule has 4 N–H and O–H groups in total. The van der Waals surface area contributed by atoms with Gasteiger partial charge in [0.15, 0.2) is 0 Å². The summed E-state index contributed by atoms with van der Waals surface area (Å²) in [4.78, 5) is 0. The average molecular weight is 226 g/mol. The van der Waals surface area contributed by atoms with E-state index >= 15 is 0 Å². The number of benzene rings is 2. The molecule has 0 aliphatic rings. The second-order valence-corrected chi connectivity index (χ2v) is 3.80. The maximum absolute atomic E-state index is 5.82. The molecule has 0 heterocycles. The molecule has 4 nitrogen and oxygen atoms in total. The van der Waals surface area contributed by atoms with Crippen LogP contribution >= 0.6 is 0 Å². The molecule has 0 fully saturated rings. The molecule has 0 radical (unpaired) electrons. The van der Waals surface area contributed by atoms with Crippen molar-refractivity contribution in [2.24, 2.45) is 10.2 Å². The number of anilines is 2. The summed E-state index contributed by atoms with van der Waals surface area (Å²) in [7, 11) is 0. The van der Waals surface area contributed by atoms with Gasteiger partial charge in [0.05, 0.1) is 11.4 Å². The number of aryl methyl sites for hydroxylation is 1. The molecule has 17 heavy (non-hydrogen) atoms. The molecule has 0 amide bonds. The predicted molar refractivity (Wildman–Crippen MR) is 70.6 cm³/mol. The fourth-order valence-corrected chi connectivity index (χ4v) is 1.42. The van der Waals surface area contributed by atoms with E-state index in [9.17, 15) is 0 Å². The van der Waals surface area contributed by atoms with E-state index in [1.165, 1.54) is 0 Å². The van der Waals surface area contributed by atoms with Gasteiger partial charge in [0.1, 0.15) is 5.69 Å². The van der Waals surface area contributed by atoms with Crippen LogP contribution in [0.15, 0.2) is 52.7 Å². The third kappa shape index (κ3) is 2.60. The van der Waals surface area contributed by atoms with Gasteiger partial charge in [-0.3, -0.25) is 0 Å². The first kappa shape index (κ1) is 11.1. The highest BCUT2D eigenvalue weighted by atomic mass is 15.1. The highest BCUT2D eigenvalue weighted by molar-refractivity contribution is 5.70. The Kier molecular flexibility index (Phi) is 3.05. The van der Waals surface area contributed by atoms with E-state index in [1.807, 2.05) is 43.3 Å². The average Bonchev–Trinajstić information content (AvgIpc) is 2.33. The summed E-state index contributed by atoms with van der Waals surface area (Å²) in [5, 5.41) is 8.23. The molecule has 0 saturated carbocycles. The Bertz CT molecular complexity index is 547. The van der Waals surface area contributed by atoms with E-state index in [-0.39, 0.29) is 0 Å². The van der Waals surface area contributed by atoms with Crippen molar-refractivity contribution in [3.05, 3.63) is 48.0 Å². The second-order valence-electron chi connectivity index (χ2n) is 3.80. The smallest absolute Gasteiger partial charge is 0.109 e. The van der Waals surface area contributed by atoms with E-state index in [0.29, 0.717) is 17.1 Å². The Hall–Kier alpha value is -2.36. The van der Waals surface area contributed by atoms with Crippen molar-refractivity contribution in [1.29, 1.82) is 0 Å². The normalized spacial score (nSPS) is 10.9. The third-order valence-electron chi connectivity index (χ3n) is 2.44. The van der Waals surface area contributed by atoms with Crippen LogP contribution < -0.4 is 11.5 Å². The van der Waals surface area contributed by atoms with E-state index < -0.39 is 0 Å². The molecule has 0 unspecified atom stereocenters. The molecule has 0 atom stereocenters. The van der Waals surface area contributed by atoms with Crippen LogP contribution in [0.25, 0.3) is 0 Å². The number of nitrogens with zero attached hydrogens (tertiary/aromatic N) is 2. The molecule has 0 saturated heterocycles. The van der Waals surface area contributed by atoms with Gasteiger partial charge in [0.25, 0.3) is 0 Å². The zero-order chi connectivity index (χ0) is 12.3. The van der Waals surface area contributed by atoms with Crippen LogP contribution in [0.5, 0.6) is 0 Å². The summed E-state index contributed by atoms with van der Waals surface area (Å²) in [6.45, 7) is 1.91. The Morgan fingerprint density at radius 2 is 1.59 bits per heavy atom. The second kappa shape index (κ2) is 4.65. The summed E-state index contributed by atoms with van der Waals surface area (Å²) < 4.78 is 0. The minimum absolute atomic E-state index is 0.535. The maximum atomic E-state index is 5.82. The number of hydrogen-bond donors (Lipinski definition) is 2. The van der Waals surface area contributed by atoms with Crippen LogP contribution in [-0.2, 0) is 0 Å². The lowest BCUT2D eigenvalue weighted by Crippen LogP contribution is -1.93. The minimum atomic E-state index is 0.535. The highest BCUT2D eigenvalue weighted by Crippen LogP contribution is 2.28. The molecule has 2 aromatic rings. The molecule has 4 heteroatoms. The van der Waals surface area contributed by atoms with Gasteiger partial charge < -0.3 is 11.5 Å². The van der Waals surface area contributed by atoms with Crippen molar-refractivity contribution in [3.63, 3.8) is 0 Å². The van der Waals surface area contributed by atoms with Crippen molar-refractivity contribution < 1.29 is 0 Å². The lowest BCUT2D eigenvalue weighted by Gasteiger charge is -2.04. The monoisotopic (exact) mass is 226 g/mol. The predicted octanol–water partition coefficient (Wildman–Crippen LogP) is 3.57. The lowest BCUT2D eigenvalue weighted by molar-refractivity contribution is 1.23. The largest absolute Gasteiger partial charge is 0.398 e. The molecular formula is C13H14N4. The van der Waals surface area contributed by atoms with Crippen molar-refractivity contribution >= 4 is 22.7 Å². The van der Waals surface area contributed by atoms with Crippen LogP contribution in [0.3, 0.4) is 0 Å². The van der Waals surface area contributed by atoms with Crippen LogP contribution in [0.4, 0.5) is 22.7 Å². The zero-order valence-electron chi connectivity index (χ0n) is 9.59. The van der Waals surface area contributed by atoms with Crippen molar-refractivity contribution in [1.82, 2.24) is 0 Å². The van der Waals surface area contributed by atoms with Crippen molar-refractivity contribution in [2.75, 3.05) is 11.5 Å². The van der Waals surface area contributed by atoms with Crippen molar-refractivity contribution in [2.45, 2.75) is 6.92 Å². The molecular weight excluding hydrogens is 212 g/mol. The molecule has 0 bridgehead atoms. The van der Waals surface area contributed by atoms with E-state index in [1.54, 1.807) is 6.07 Å². The Labute approximate surface area is 100.0 Å². The number of nitrogen functional groups attached to an aromatic ring is 2. The quantitative estimate of drug-likeness (QED) is 0.606. The van der Waals surface area contributed by atoms with E-state index in [0.717, 1.165) is 11.3 Å². The van der Waals surface area contributed by atoms with Crippen LogP contribution in [0, 0.1) is 6.92 Å². The van der Waals surface area contributed by atoms with Gasteiger partial charge in [0.2, 0.25) is 0 Å². The maximum Gasteiger partial charge on any atom is 0.109 e. The molecule has 0 aliphatic heterocycles. The third-order valence-corrected chi connectivity index (χ3v) is 2.44. The van der Waals surface area contributed by atoms with Gasteiger partial charge >= 0.3 is 0 Å². The summed E-state index contributed by atoms with van der Waals surface area (Å²) in [5.74, 6) is 0. The topological polar surface area (TPSA) is 76.8 Å². The van der Waals surface area contributed by atoms with Crippen LogP contribution in [-0.4, -0.2) is 0 Å². The molecule has 0 aliphatic carbocycles. The fraction of sp³-hybridized carbons (Fsp3) is 0.0769. The number of nitrogens with two attached hydrogens (primary N) is 2. The number of azo groups is 1. The molecule has 0 aromatic heterocycles. The van der Waals surface area contributed by atoms with Gasteiger partial charge in [-0.05, 0) is 36.8 Å². The molecule has 2 aromatic carbocycles. The first-order valence-electron chi connectivity index (χ1n) is 5.29. The molecule has 2 rings (SSSR count). The lowest BCUT2D eigenvalue weighted by atomic mass is 10.1. The summed E-state index contributed by atoms with van der Waals surface area (Å²) in [5.41, 5.74) is 15.1. The Balaban J connectivity index is 2.31. The summed E-state index contributed by atoms with van der Waals surface area (Å²) >= 11 is 0. The van der Waals surface area contributed by atoms with E-state index in [4.69, 9.17) is 11.5 Å². The van der Waals surface area contributed by atoms with E-state index in [2.05, 4.69) is 10.2 Å². The van der Waals surface area contributed by atoms with Crippen LogP contribution in [0.2, 0.25) is 0 Å². The zero-order valence-corrected chi connectivity index (χ0v) is 9.59. The Morgan fingerprint density at radius 1 is 0.882 bits per heavy atom. The summed E-state index contributed by atoms with van der Waals surface area (Å²) in [6, 6.07) is 13.0. The molecule has 86 valence electrons. The Morgan fingerprint density at radius 3 is 2.29 bits per heavy atom. The first-order chi connectivity index (χ1) is 8.16. The number of rotatable bonds is 2. The minimum Gasteiger partial charge on any atom is -0.398 e.